The Bertz CT molecular complexity index is 717. The summed E-state index contributed by atoms with van der Waals surface area (Å²) in [5, 5.41) is 0. The normalized spacial score (nSPS) is 11.4. The van der Waals surface area contributed by atoms with Gasteiger partial charge in [0.25, 0.3) is 0 Å². The molecular formula is C20H22O4. The van der Waals surface area contributed by atoms with Crippen molar-refractivity contribution in [1.29, 1.82) is 0 Å². The Kier molecular flexibility index (Phi) is 5.52. The van der Waals surface area contributed by atoms with Crippen LogP contribution in [-0.2, 0) is 9.78 Å². The van der Waals surface area contributed by atoms with Crippen molar-refractivity contribution in [2.24, 2.45) is 5.92 Å². The first-order valence-corrected chi connectivity index (χ1v) is 7.91. The van der Waals surface area contributed by atoms with E-state index in [1.54, 1.807) is 48.5 Å². The van der Waals surface area contributed by atoms with Crippen LogP contribution in [0.4, 0.5) is 0 Å². The number of ketones is 1. The maximum absolute atomic E-state index is 12.6. The van der Waals surface area contributed by atoms with Crippen molar-refractivity contribution in [2.45, 2.75) is 33.3 Å². The van der Waals surface area contributed by atoms with Crippen molar-refractivity contribution in [3.8, 4) is 0 Å². The minimum Gasteiger partial charge on any atom is -0.292 e. The Morgan fingerprint density at radius 1 is 0.875 bits per heavy atom. The van der Waals surface area contributed by atoms with E-state index in [0.29, 0.717) is 11.1 Å². The number of benzene rings is 2. The van der Waals surface area contributed by atoms with Gasteiger partial charge in [-0.15, -0.1) is 0 Å². The second-order valence-electron chi connectivity index (χ2n) is 6.45. The molecule has 126 valence electrons. The summed E-state index contributed by atoms with van der Waals surface area (Å²) in [6.07, 6.45) is 0. The molecule has 0 radical (unpaired) electrons. The Labute approximate surface area is 142 Å². The summed E-state index contributed by atoms with van der Waals surface area (Å²) >= 11 is 0. The molecule has 0 amide bonds. The molecule has 0 unspecified atom stereocenters. The summed E-state index contributed by atoms with van der Waals surface area (Å²) < 4.78 is 0. The smallest absolute Gasteiger partial charge is 0.292 e. The fraction of sp³-hybridized carbons (Fsp3) is 0.300. The van der Waals surface area contributed by atoms with Gasteiger partial charge in [-0.05, 0) is 25.8 Å². The molecule has 0 aromatic heterocycles. The lowest BCUT2D eigenvalue weighted by Gasteiger charge is -2.26. The minimum absolute atomic E-state index is 0.159. The van der Waals surface area contributed by atoms with Crippen LogP contribution < -0.4 is 0 Å². The van der Waals surface area contributed by atoms with Crippen molar-refractivity contribution in [2.75, 3.05) is 0 Å². The molecule has 4 heteroatoms. The highest BCUT2D eigenvalue weighted by Gasteiger charge is 2.28. The van der Waals surface area contributed by atoms with Gasteiger partial charge in [0, 0.05) is 11.1 Å². The fourth-order valence-corrected chi connectivity index (χ4v) is 1.89. The molecule has 24 heavy (non-hydrogen) atoms. The molecule has 2 aromatic carbocycles. The fourth-order valence-electron chi connectivity index (χ4n) is 1.89. The summed E-state index contributed by atoms with van der Waals surface area (Å²) in [5.74, 6) is -0.749. The second kappa shape index (κ2) is 7.41. The van der Waals surface area contributed by atoms with Gasteiger partial charge in [0.05, 0.1) is 5.56 Å². The van der Waals surface area contributed by atoms with E-state index in [9.17, 15) is 9.59 Å². The lowest BCUT2D eigenvalue weighted by Crippen LogP contribution is -2.32. The molecule has 0 saturated heterocycles. The first-order valence-electron chi connectivity index (χ1n) is 7.91. The van der Waals surface area contributed by atoms with Crippen LogP contribution in [0.15, 0.2) is 54.6 Å². The molecule has 0 bridgehead atoms. The molecule has 0 aliphatic heterocycles. The van der Waals surface area contributed by atoms with E-state index in [0.717, 1.165) is 0 Å². The van der Waals surface area contributed by atoms with Gasteiger partial charge in [-0.25, -0.2) is 4.79 Å². The highest BCUT2D eigenvalue weighted by Crippen LogP contribution is 2.22. The van der Waals surface area contributed by atoms with Gasteiger partial charge in [-0.1, -0.05) is 62.4 Å². The third kappa shape index (κ3) is 4.09. The van der Waals surface area contributed by atoms with E-state index in [4.69, 9.17) is 9.78 Å². The summed E-state index contributed by atoms with van der Waals surface area (Å²) in [6, 6.07) is 15.4. The van der Waals surface area contributed by atoms with Gasteiger partial charge < -0.3 is 0 Å². The quantitative estimate of drug-likeness (QED) is 0.447. The summed E-state index contributed by atoms with van der Waals surface area (Å²) in [4.78, 5) is 35.3. The van der Waals surface area contributed by atoms with Gasteiger partial charge in [0.15, 0.2) is 5.78 Å². The number of rotatable bonds is 6. The number of carbonyl (C=O) groups is 2. The molecule has 0 fully saturated rings. The Hall–Kier alpha value is -2.46. The summed E-state index contributed by atoms with van der Waals surface area (Å²) in [6.45, 7) is 7.62. The predicted octanol–water partition coefficient (Wildman–Crippen LogP) is 4.44. The Morgan fingerprint density at radius 3 is 2.00 bits per heavy atom. The zero-order valence-electron chi connectivity index (χ0n) is 14.4. The number of carbonyl (C=O) groups excluding carboxylic acids is 2. The first-order chi connectivity index (χ1) is 11.3. The van der Waals surface area contributed by atoms with E-state index in [1.165, 1.54) is 0 Å². The summed E-state index contributed by atoms with van der Waals surface area (Å²) in [7, 11) is 0. The Balaban J connectivity index is 2.23. The Morgan fingerprint density at radius 2 is 1.42 bits per heavy atom. The van der Waals surface area contributed by atoms with E-state index < -0.39 is 11.6 Å². The topological polar surface area (TPSA) is 52.6 Å². The zero-order chi connectivity index (χ0) is 17.7. The van der Waals surface area contributed by atoms with Crippen molar-refractivity contribution in [1.82, 2.24) is 0 Å². The average molecular weight is 326 g/mol. The van der Waals surface area contributed by atoms with Crippen molar-refractivity contribution >= 4 is 11.8 Å². The molecule has 2 rings (SSSR count). The van der Waals surface area contributed by atoms with Gasteiger partial charge >= 0.3 is 5.97 Å². The standard InChI is InChI=1S/C20H22O4/c1-14(2)20(3,4)24-23-19(22)17-13-9-8-12-16(17)18(21)15-10-6-5-7-11-15/h5-14H,1-4H3. The van der Waals surface area contributed by atoms with Crippen LogP contribution in [0.2, 0.25) is 0 Å². The van der Waals surface area contributed by atoms with Crippen molar-refractivity contribution < 1.29 is 19.4 Å². The van der Waals surface area contributed by atoms with Gasteiger partial charge in [-0.2, -0.15) is 4.89 Å². The lowest BCUT2D eigenvalue weighted by atomic mass is 9.95. The van der Waals surface area contributed by atoms with Crippen LogP contribution in [-0.4, -0.2) is 17.4 Å². The van der Waals surface area contributed by atoms with Crippen LogP contribution in [0.5, 0.6) is 0 Å². The molecule has 0 atom stereocenters. The van der Waals surface area contributed by atoms with Crippen LogP contribution in [0, 0.1) is 5.92 Å². The van der Waals surface area contributed by atoms with Gasteiger partial charge in [-0.3, -0.25) is 9.68 Å². The maximum atomic E-state index is 12.6. The number of hydrogen-bond donors (Lipinski definition) is 0. The highest BCUT2D eigenvalue weighted by atomic mass is 17.2. The van der Waals surface area contributed by atoms with Crippen LogP contribution in [0.3, 0.4) is 0 Å². The van der Waals surface area contributed by atoms with Crippen molar-refractivity contribution in [3.05, 3.63) is 71.3 Å². The third-order valence-electron chi connectivity index (χ3n) is 4.15. The van der Waals surface area contributed by atoms with Crippen LogP contribution in [0.1, 0.15) is 54.0 Å². The van der Waals surface area contributed by atoms with E-state index in [1.807, 2.05) is 33.8 Å². The maximum Gasteiger partial charge on any atom is 0.373 e. The zero-order valence-corrected chi connectivity index (χ0v) is 14.4. The van der Waals surface area contributed by atoms with Gasteiger partial charge in [0.2, 0.25) is 0 Å². The predicted molar refractivity (Wildman–Crippen MR) is 91.7 cm³/mol. The molecule has 0 saturated carbocycles. The molecular weight excluding hydrogens is 304 g/mol. The molecule has 0 aliphatic rings. The molecule has 0 spiro atoms. The van der Waals surface area contributed by atoms with Crippen LogP contribution >= 0.6 is 0 Å². The molecule has 0 aliphatic carbocycles. The average Bonchev–Trinajstić information content (AvgIpc) is 2.59. The largest absolute Gasteiger partial charge is 0.373 e. The van der Waals surface area contributed by atoms with Crippen LogP contribution in [0.25, 0.3) is 0 Å². The molecule has 0 N–H and O–H groups in total. The van der Waals surface area contributed by atoms with E-state index in [-0.39, 0.29) is 17.3 Å². The van der Waals surface area contributed by atoms with Gasteiger partial charge in [0.1, 0.15) is 5.60 Å². The number of hydrogen-bond acceptors (Lipinski definition) is 4. The molecule has 4 nitrogen and oxygen atoms in total. The van der Waals surface area contributed by atoms with E-state index in [2.05, 4.69) is 0 Å². The SMILES string of the molecule is CC(C)C(C)(C)OOC(=O)c1ccccc1C(=O)c1ccccc1. The molecule has 2 aromatic rings. The molecule has 0 heterocycles. The third-order valence-corrected chi connectivity index (χ3v) is 4.15. The summed E-state index contributed by atoms with van der Waals surface area (Å²) in [5.41, 5.74) is 0.375. The minimum atomic E-state index is -0.677. The second-order valence-corrected chi connectivity index (χ2v) is 6.45. The monoisotopic (exact) mass is 326 g/mol. The van der Waals surface area contributed by atoms with E-state index >= 15 is 0 Å². The first kappa shape index (κ1) is 17.9. The van der Waals surface area contributed by atoms with Crippen molar-refractivity contribution in [3.63, 3.8) is 0 Å². The highest BCUT2D eigenvalue weighted by molar-refractivity contribution is 6.14. The lowest BCUT2D eigenvalue weighted by molar-refractivity contribution is -0.317.